The first-order valence-electron chi connectivity index (χ1n) is 13.0. The maximum atomic E-state index is 6.34. The minimum absolute atomic E-state index is 0.0979. The van der Waals surface area contributed by atoms with E-state index in [0.29, 0.717) is 5.96 Å². The second-order valence-electron chi connectivity index (χ2n) is 9.72. The van der Waals surface area contributed by atoms with E-state index >= 15 is 0 Å². The number of rotatable bonds is 7. The standard InChI is InChI=1S/C26H33N3S.C7H8/c1-7-11-20(12-8-2)24-18(4)29(6)25(27)28-26(24,5)23-16-22(17-30-23)21-14-10-13-19(9-3)15-21;1-7-5-3-2-4-6-7/h9-11,13-17,24H,3-4,7-8,12H2,1-2,5-6H3,(H2,27,28);2-6H,1H3/b20-11+;/t24?,26-;/m1./s1. The van der Waals surface area contributed by atoms with Crippen molar-refractivity contribution >= 4 is 23.4 Å². The maximum absolute atomic E-state index is 6.34. The normalized spacial score (nSPS) is 19.6. The van der Waals surface area contributed by atoms with Crippen LogP contribution in [0.2, 0.25) is 0 Å². The van der Waals surface area contributed by atoms with Gasteiger partial charge in [0.05, 0.1) is 0 Å². The molecule has 0 amide bonds. The molecule has 4 rings (SSSR count). The van der Waals surface area contributed by atoms with Gasteiger partial charge in [-0.05, 0) is 60.9 Å². The molecule has 4 heteroatoms. The second kappa shape index (κ2) is 12.7. The van der Waals surface area contributed by atoms with Crippen molar-refractivity contribution in [2.24, 2.45) is 16.6 Å². The molecule has 2 atom stereocenters. The molecule has 3 aromatic rings. The van der Waals surface area contributed by atoms with Gasteiger partial charge in [-0.25, -0.2) is 4.99 Å². The Bertz CT molecular complexity index is 1270. The third kappa shape index (κ3) is 6.50. The van der Waals surface area contributed by atoms with Gasteiger partial charge in [0.2, 0.25) is 0 Å². The molecule has 0 saturated heterocycles. The van der Waals surface area contributed by atoms with Crippen molar-refractivity contribution in [3.63, 3.8) is 0 Å². The molecule has 2 N–H and O–H groups in total. The molecule has 0 spiro atoms. The molecule has 1 unspecified atom stereocenters. The maximum Gasteiger partial charge on any atom is 0.196 e. The SMILES string of the molecule is C=Cc1cccc(-c2csc([C@@]3(C)N=C(N)N(C)C(=C)C3/C(=C/CC)CCC)c2)c1.Cc1ccccc1. The number of nitrogens with zero attached hydrogens (tertiary/aromatic N) is 2. The van der Waals surface area contributed by atoms with E-state index in [0.717, 1.165) is 30.5 Å². The number of hydrogen-bond acceptors (Lipinski definition) is 4. The molecule has 0 bridgehead atoms. The second-order valence-corrected chi connectivity index (χ2v) is 10.6. The molecule has 2 heterocycles. The van der Waals surface area contributed by atoms with Crippen molar-refractivity contribution in [2.75, 3.05) is 7.05 Å². The predicted molar refractivity (Wildman–Crippen MR) is 164 cm³/mol. The molecule has 0 fully saturated rings. The van der Waals surface area contributed by atoms with Crippen LogP contribution in [0, 0.1) is 12.8 Å². The van der Waals surface area contributed by atoms with Gasteiger partial charge < -0.3 is 10.6 Å². The number of nitrogens with two attached hydrogens (primary N) is 1. The molecule has 0 aliphatic carbocycles. The van der Waals surface area contributed by atoms with E-state index in [4.69, 9.17) is 10.7 Å². The Hall–Kier alpha value is -3.37. The van der Waals surface area contributed by atoms with Crippen LogP contribution in [0.1, 0.15) is 56.0 Å². The van der Waals surface area contributed by atoms with Crippen molar-refractivity contribution in [2.45, 2.75) is 52.5 Å². The number of guanidine groups is 1. The summed E-state index contributed by atoms with van der Waals surface area (Å²) in [4.78, 5) is 8.18. The van der Waals surface area contributed by atoms with Crippen LogP contribution in [0.15, 0.2) is 102 Å². The Labute approximate surface area is 227 Å². The highest BCUT2D eigenvalue weighted by molar-refractivity contribution is 7.10. The summed E-state index contributed by atoms with van der Waals surface area (Å²) in [5.41, 5.74) is 13.1. The average Bonchev–Trinajstić information content (AvgIpc) is 3.40. The molecule has 3 nitrogen and oxygen atoms in total. The van der Waals surface area contributed by atoms with E-state index in [1.165, 1.54) is 27.1 Å². The highest BCUT2D eigenvalue weighted by atomic mass is 32.1. The Morgan fingerprint density at radius 3 is 2.43 bits per heavy atom. The summed E-state index contributed by atoms with van der Waals surface area (Å²) in [6.07, 6.45) is 7.37. The summed E-state index contributed by atoms with van der Waals surface area (Å²) in [6, 6.07) is 21.0. The van der Waals surface area contributed by atoms with Gasteiger partial charge in [0, 0.05) is 23.5 Å². The lowest BCUT2D eigenvalue weighted by atomic mass is 9.74. The van der Waals surface area contributed by atoms with Gasteiger partial charge in [-0.1, -0.05) is 105 Å². The molecule has 1 aliphatic rings. The molecule has 0 saturated carbocycles. The quantitative estimate of drug-likeness (QED) is 0.322. The summed E-state index contributed by atoms with van der Waals surface area (Å²) in [7, 11) is 1.96. The molecular weight excluding hydrogens is 470 g/mol. The van der Waals surface area contributed by atoms with Crippen LogP contribution >= 0.6 is 11.3 Å². The van der Waals surface area contributed by atoms with Crippen LogP contribution in [0.25, 0.3) is 17.2 Å². The first-order chi connectivity index (χ1) is 17.7. The summed E-state index contributed by atoms with van der Waals surface area (Å²) in [5.74, 6) is 0.621. The molecule has 2 aromatic carbocycles. The fraction of sp³-hybridized carbons (Fsp3) is 0.303. The fourth-order valence-corrected chi connectivity index (χ4v) is 5.92. The minimum atomic E-state index is -0.469. The number of thiophene rings is 1. The molecule has 1 aromatic heterocycles. The Kier molecular flexibility index (Phi) is 9.71. The van der Waals surface area contributed by atoms with Gasteiger partial charge in [-0.15, -0.1) is 11.3 Å². The highest BCUT2D eigenvalue weighted by Crippen LogP contribution is 2.49. The minimum Gasteiger partial charge on any atom is -0.370 e. The first-order valence-corrected chi connectivity index (χ1v) is 13.9. The van der Waals surface area contributed by atoms with Gasteiger partial charge in [-0.2, -0.15) is 0 Å². The van der Waals surface area contributed by atoms with Gasteiger partial charge in [0.15, 0.2) is 5.96 Å². The van der Waals surface area contributed by atoms with E-state index in [2.05, 4.69) is 94.8 Å². The topological polar surface area (TPSA) is 41.6 Å². The zero-order chi connectivity index (χ0) is 27.0. The zero-order valence-electron chi connectivity index (χ0n) is 23.0. The smallest absolute Gasteiger partial charge is 0.196 e. The van der Waals surface area contributed by atoms with Crippen LogP contribution in [-0.4, -0.2) is 17.9 Å². The predicted octanol–water partition coefficient (Wildman–Crippen LogP) is 8.79. The van der Waals surface area contributed by atoms with Crippen LogP contribution in [0.3, 0.4) is 0 Å². The van der Waals surface area contributed by atoms with E-state index in [1.54, 1.807) is 11.3 Å². The number of hydrogen-bond donors (Lipinski definition) is 1. The van der Waals surface area contributed by atoms with Gasteiger partial charge in [0.1, 0.15) is 5.54 Å². The van der Waals surface area contributed by atoms with Crippen LogP contribution in [-0.2, 0) is 5.54 Å². The van der Waals surface area contributed by atoms with E-state index in [-0.39, 0.29) is 5.92 Å². The third-order valence-electron chi connectivity index (χ3n) is 6.89. The summed E-state index contributed by atoms with van der Waals surface area (Å²) in [6.45, 7) is 17.0. The number of aryl methyl sites for hydroxylation is 1. The highest BCUT2D eigenvalue weighted by Gasteiger charge is 2.45. The molecule has 194 valence electrons. The van der Waals surface area contributed by atoms with E-state index < -0.39 is 5.54 Å². The Balaban J connectivity index is 0.000000468. The van der Waals surface area contributed by atoms with Gasteiger partial charge in [0.25, 0.3) is 0 Å². The number of aliphatic imine (C=N–C) groups is 1. The van der Waals surface area contributed by atoms with E-state index in [1.807, 2.05) is 36.2 Å². The van der Waals surface area contributed by atoms with Crippen molar-refractivity contribution < 1.29 is 0 Å². The van der Waals surface area contributed by atoms with Gasteiger partial charge in [-0.3, -0.25) is 0 Å². The van der Waals surface area contributed by atoms with E-state index in [9.17, 15) is 0 Å². The van der Waals surface area contributed by atoms with Crippen LogP contribution in [0.4, 0.5) is 0 Å². The van der Waals surface area contributed by atoms with Gasteiger partial charge >= 0.3 is 0 Å². The fourth-order valence-electron chi connectivity index (χ4n) is 4.86. The van der Waals surface area contributed by atoms with Crippen molar-refractivity contribution in [3.05, 3.63) is 113 Å². The van der Waals surface area contributed by atoms with Crippen LogP contribution in [0.5, 0.6) is 0 Å². The Morgan fingerprint density at radius 2 is 1.84 bits per heavy atom. The van der Waals surface area contributed by atoms with Crippen LogP contribution < -0.4 is 5.73 Å². The Morgan fingerprint density at radius 1 is 1.11 bits per heavy atom. The molecule has 37 heavy (non-hydrogen) atoms. The summed E-state index contributed by atoms with van der Waals surface area (Å²) in [5, 5.41) is 2.22. The lowest BCUT2D eigenvalue weighted by Crippen LogP contribution is -2.48. The molecular formula is C33H41N3S. The number of benzene rings is 2. The average molecular weight is 512 g/mol. The monoisotopic (exact) mass is 511 g/mol. The third-order valence-corrected chi connectivity index (χ3v) is 8.04. The summed E-state index contributed by atoms with van der Waals surface area (Å²) < 4.78 is 0. The first kappa shape index (κ1) is 28.2. The summed E-state index contributed by atoms with van der Waals surface area (Å²) >= 11 is 1.75. The molecule has 0 radical (unpaired) electrons. The number of allylic oxidation sites excluding steroid dienone is 1. The zero-order valence-corrected chi connectivity index (χ0v) is 23.8. The lowest BCUT2D eigenvalue weighted by molar-refractivity contribution is 0.314. The van der Waals surface area contributed by atoms with Crippen molar-refractivity contribution in [3.8, 4) is 11.1 Å². The largest absolute Gasteiger partial charge is 0.370 e. The lowest BCUT2D eigenvalue weighted by Gasteiger charge is -2.44. The van der Waals surface area contributed by atoms with Crippen molar-refractivity contribution in [1.29, 1.82) is 0 Å². The molecule has 1 aliphatic heterocycles. The van der Waals surface area contributed by atoms with Crippen molar-refractivity contribution in [1.82, 2.24) is 4.90 Å².